The molecule has 7 nitrogen and oxygen atoms in total. The Bertz CT molecular complexity index is 1280. The SMILES string of the molecule is CC1CN(c2ccc(CNC(=O)CCc3nc4ccccc4n3-c3ccccc3)cn2)CC(C)O1. The molecule has 0 bridgehead atoms. The number of imidazole rings is 1. The highest BCUT2D eigenvalue weighted by Crippen LogP contribution is 2.22. The first-order valence-electron chi connectivity index (χ1n) is 12.2. The van der Waals surface area contributed by atoms with Crippen molar-refractivity contribution in [3.63, 3.8) is 0 Å². The van der Waals surface area contributed by atoms with E-state index >= 15 is 0 Å². The molecular formula is C28H31N5O2. The number of aryl methyl sites for hydroxylation is 1. The summed E-state index contributed by atoms with van der Waals surface area (Å²) in [5.41, 5.74) is 4.01. The first-order chi connectivity index (χ1) is 17.1. The van der Waals surface area contributed by atoms with Crippen molar-refractivity contribution in [3.8, 4) is 5.69 Å². The molecule has 0 radical (unpaired) electrons. The third-order valence-corrected chi connectivity index (χ3v) is 6.26. The van der Waals surface area contributed by atoms with Gasteiger partial charge in [-0.05, 0) is 49.7 Å². The Morgan fingerprint density at radius 3 is 2.49 bits per heavy atom. The summed E-state index contributed by atoms with van der Waals surface area (Å²) in [5, 5.41) is 3.03. The molecule has 1 aliphatic heterocycles. The Morgan fingerprint density at radius 2 is 1.74 bits per heavy atom. The largest absolute Gasteiger partial charge is 0.372 e. The number of hydrogen-bond acceptors (Lipinski definition) is 5. The Balaban J connectivity index is 1.20. The van der Waals surface area contributed by atoms with E-state index in [4.69, 9.17) is 9.72 Å². The van der Waals surface area contributed by atoms with Gasteiger partial charge < -0.3 is 15.0 Å². The number of morpholine rings is 1. The van der Waals surface area contributed by atoms with Crippen LogP contribution in [0.4, 0.5) is 5.82 Å². The number of fused-ring (bicyclic) bond motifs is 1. The zero-order valence-electron chi connectivity index (χ0n) is 20.2. The molecule has 2 atom stereocenters. The lowest BCUT2D eigenvalue weighted by atomic mass is 10.2. The van der Waals surface area contributed by atoms with E-state index in [9.17, 15) is 4.79 Å². The number of ether oxygens (including phenoxy) is 1. The third-order valence-electron chi connectivity index (χ3n) is 6.26. The summed E-state index contributed by atoms with van der Waals surface area (Å²) in [7, 11) is 0. The second-order valence-corrected chi connectivity index (χ2v) is 9.15. The molecule has 0 aliphatic carbocycles. The lowest BCUT2D eigenvalue weighted by Gasteiger charge is -2.36. The maximum absolute atomic E-state index is 12.6. The molecular weight excluding hydrogens is 438 g/mol. The second kappa shape index (κ2) is 10.3. The molecule has 1 amide bonds. The predicted molar refractivity (Wildman–Crippen MR) is 138 cm³/mol. The zero-order chi connectivity index (χ0) is 24.2. The van der Waals surface area contributed by atoms with Gasteiger partial charge in [0, 0.05) is 44.4 Å². The monoisotopic (exact) mass is 469 g/mol. The number of benzene rings is 2. The van der Waals surface area contributed by atoms with Crippen molar-refractivity contribution in [1.82, 2.24) is 19.9 Å². The van der Waals surface area contributed by atoms with E-state index < -0.39 is 0 Å². The van der Waals surface area contributed by atoms with Crippen LogP contribution in [0.3, 0.4) is 0 Å². The second-order valence-electron chi connectivity index (χ2n) is 9.15. The van der Waals surface area contributed by atoms with Gasteiger partial charge in [0.15, 0.2) is 0 Å². The van der Waals surface area contributed by atoms with Crippen molar-refractivity contribution in [2.45, 2.75) is 45.4 Å². The number of hydrogen-bond donors (Lipinski definition) is 1. The Kier molecular flexibility index (Phi) is 6.77. The number of carbonyl (C=O) groups is 1. The number of anilines is 1. The topological polar surface area (TPSA) is 72.3 Å². The summed E-state index contributed by atoms with van der Waals surface area (Å²) in [6.45, 7) is 6.29. The molecule has 0 spiro atoms. The van der Waals surface area contributed by atoms with Gasteiger partial charge >= 0.3 is 0 Å². The number of nitrogens with one attached hydrogen (secondary N) is 1. The van der Waals surface area contributed by atoms with Crippen molar-refractivity contribution >= 4 is 22.8 Å². The maximum Gasteiger partial charge on any atom is 0.220 e. The summed E-state index contributed by atoms with van der Waals surface area (Å²) >= 11 is 0. The van der Waals surface area contributed by atoms with Crippen LogP contribution in [0.1, 0.15) is 31.7 Å². The minimum absolute atomic E-state index is 0.00317. The van der Waals surface area contributed by atoms with Crippen molar-refractivity contribution in [2.24, 2.45) is 0 Å². The van der Waals surface area contributed by atoms with E-state index in [1.54, 1.807) is 0 Å². The van der Waals surface area contributed by atoms with Crippen LogP contribution in [-0.2, 0) is 22.5 Å². The van der Waals surface area contributed by atoms with Crippen molar-refractivity contribution in [2.75, 3.05) is 18.0 Å². The number of aromatic nitrogens is 3. The lowest BCUT2D eigenvalue weighted by Crippen LogP contribution is -2.45. The fourth-order valence-corrected chi connectivity index (χ4v) is 4.70. The van der Waals surface area contributed by atoms with E-state index in [-0.39, 0.29) is 18.1 Å². The molecule has 4 aromatic rings. The van der Waals surface area contributed by atoms with Gasteiger partial charge in [0.1, 0.15) is 11.6 Å². The molecule has 1 N–H and O–H groups in total. The molecule has 0 saturated carbocycles. The van der Waals surface area contributed by atoms with Crippen LogP contribution in [0, 0.1) is 0 Å². The first-order valence-corrected chi connectivity index (χ1v) is 12.2. The van der Waals surface area contributed by atoms with Gasteiger partial charge in [-0.15, -0.1) is 0 Å². The van der Waals surface area contributed by atoms with Crippen molar-refractivity contribution in [3.05, 3.63) is 84.3 Å². The molecule has 1 fully saturated rings. The van der Waals surface area contributed by atoms with Crippen LogP contribution in [-0.4, -0.2) is 45.7 Å². The van der Waals surface area contributed by atoms with Crippen molar-refractivity contribution < 1.29 is 9.53 Å². The fourth-order valence-electron chi connectivity index (χ4n) is 4.70. The summed E-state index contributed by atoms with van der Waals surface area (Å²) in [5.74, 6) is 1.83. The van der Waals surface area contributed by atoms with E-state index in [1.165, 1.54) is 0 Å². The molecule has 7 heteroatoms. The predicted octanol–water partition coefficient (Wildman–Crippen LogP) is 4.28. The zero-order valence-corrected chi connectivity index (χ0v) is 20.2. The normalized spacial score (nSPS) is 18.1. The minimum atomic E-state index is -0.00317. The smallest absolute Gasteiger partial charge is 0.220 e. The number of para-hydroxylation sites is 3. The van der Waals surface area contributed by atoms with Crippen molar-refractivity contribution in [1.29, 1.82) is 0 Å². The van der Waals surface area contributed by atoms with Gasteiger partial charge in [-0.3, -0.25) is 9.36 Å². The molecule has 5 rings (SSSR count). The molecule has 2 aromatic carbocycles. The quantitative estimate of drug-likeness (QED) is 0.437. The minimum Gasteiger partial charge on any atom is -0.372 e. The fraction of sp³-hybridized carbons (Fsp3) is 0.321. The number of nitrogens with zero attached hydrogens (tertiary/aromatic N) is 4. The van der Waals surface area contributed by atoms with Gasteiger partial charge in [0.05, 0.1) is 23.2 Å². The Hall–Kier alpha value is -3.71. The molecule has 1 saturated heterocycles. The van der Waals surface area contributed by atoms with Crippen LogP contribution >= 0.6 is 0 Å². The molecule has 1 aliphatic rings. The summed E-state index contributed by atoms with van der Waals surface area (Å²) < 4.78 is 7.95. The first kappa shape index (κ1) is 23.1. The molecule has 2 aromatic heterocycles. The molecule has 2 unspecified atom stereocenters. The average Bonchev–Trinajstić information content (AvgIpc) is 3.25. The summed E-state index contributed by atoms with van der Waals surface area (Å²) in [6, 6.07) is 22.3. The van der Waals surface area contributed by atoms with E-state index in [2.05, 4.69) is 51.8 Å². The molecule has 35 heavy (non-hydrogen) atoms. The number of pyridine rings is 1. The lowest BCUT2D eigenvalue weighted by molar-refractivity contribution is -0.121. The van der Waals surface area contributed by atoms with Gasteiger partial charge in [-0.2, -0.15) is 0 Å². The Morgan fingerprint density at radius 1 is 1.00 bits per heavy atom. The van der Waals surface area contributed by atoms with Gasteiger partial charge in [0.2, 0.25) is 5.91 Å². The number of amides is 1. The standard InChI is InChI=1S/C28H31N5O2/c1-20-18-32(19-21(2)35-20)26-13-12-22(16-29-26)17-30-28(34)15-14-27-31-24-10-6-7-11-25(24)33(27)23-8-4-3-5-9-23/h3-13,16,20-21H,14-15,17-19H2,1-2H3,(H,30,34). The highest BCUT2D eigenvalue weighted by molar-refractivity contribution is 5.79. The molecule has 3 heterocycles. The third kappa shape index (κ3) is 5.35. The molecule has 180 valence electrons. The summed E-state index contributed by atoms with van der Waals surface area (Å²) in [4.78, 5) is 24.3. The number of carbonyl (C=O) groups excluding carboxylic acids is 1. The summed E-state index contributed by atoms with van der Waals surface area (Å²) in [6.07, 6.45) is 3.14. The number of rotatable bonds is 7. The van der Waals surface area contributed by atoms with Crippen LogP contribution in [0.2, 0.25) is 0 Å². The van der Waals surface area contributed by atoms with E-state index in [0.29, 0.717) is 19.4 Å². The van der Waals surface area contributed by atoms with Gasteiger partial charge in [0.25, 0.3) is 0 Å². The average molecular weight is 470 g/mol. The highest BCUT2D eigenvalue weighted by Gasteiger charge is 2.23. The maximum atomic E-state index is 12.6. The van der Waals surface area contributed by atoms with Gasteiger partial charge in [-0.1, -0.05) is 36.4 Å². The van der Waals surface area contributed by atoms with Crippen LogP contribution in [0.25, 0.3) is 16.7 Å². The van der Waals surface area contributed by atoms with Gasteiger partial charge in [-0.25, -0.2) is 9.97 Å². The van der Waals surface area contributed by atoms with Crippen LogP contribution in [0.15, 0.2) is 72.9 Å². The van der Waals surface area contributed by atoms with E-state index in [1.807, 2.05) is 54.7 Å². The highest BCUT2D eigenvalue weighted by atomic mass is 16.5. The van der Waals surface area contributed by atoms with Crippen LogP contribution in [0.5, 0.6) is 0 Å². The Labute approximate surface area is 205 Å². The van der Waals surface area contributed by atoms with Crippen LogP contribution < -0.4 is 10.2 Å². The van der Waals surface area contributed by atoms with E-state index in [0.717, 1.165) is 47.0 Å².